The van der Waals surface area contributed by atoms with E-state index >= 15 is 0 Å². The van der Waals surface area contributed by atoms with Crippen molar-refractivity contribution in [2.75, 3.05) is 12.3 Å². The molecule has 0 aliphatic carbocycles. The van der Waals surface area contributed by atoms with Crippen molar-refractivity contribution in [1.82, 2.24) is 24.6 Å². The molecule has 90 valence electrons. The number of rotatable bonds is 4. The van der Waals surface area contributed by atoms with Gasteiger partial charge >= 0.3 is 0 Å². The number of nitrogens with zero attached hydrogens (tertiary/aromatic N) is 4. The summed E-state index contributed by atoms with van der Waals surface area (Å²) in [5, 5.41) is 6.69. The Balaban J connectivity index is 1.90. The van der Waals surface area contributed by atoms with Gasteiger partial charge in [0, 0.05) is 32.5 Å². The van der Waals surface area contributed by atoms with Gasteiger partial charge in [-0.05, 0) is 0 Å². The zero-order valence-electron chi connectivity index (χ0n) is 9.50. The molecule has 0 spiro atoms. The molecule has 2 heterocycles. The Morgan fingerprint density at radius 3 is 3.00 bits per heavy atom. The maximum Gasteiger partial charge on any atom is 0.271 e. The number of carbonyl (C=O) groups excluding carboxylic acids is 1. The van der Waals surface area contributed by atoms with E-state index in [1.54, 1.807) is 19.6 Å². The molecule has 0 atom stereocenters. The van der Waals surface area contributed by atoms with Crippen LogP contribution in [-0.2, 0) is 13.6 Å². The maximum atomic E-state index is 11.8. The number of hydrogen-bond acceptors (Lipinski definition) is 4. The molecular weight excluding hydrogens is 220 g/mol. The van der Waals surface area contributed by atoms with Crippen LogP contribution in [0.25, 0.3) is 0 Å². The van der Waals surface area contributed by atoms with Gasteiger partial charge in [-0.25, -0.2) is 4.98 Å². The lowest BCUT2D eigenvalue weighted by atomic mass is 10.3. The summed E-state index contributed by atoms with van der Waals surface area (Å²) in [6.45, 7) is 1.18. The van der Waals surface area contributed by atoms with Crippen molar-refractivity contribution in [3.8, 4) is 0 Å². The minimum atomic E-state index is -0.220. The van der Waals surface area contributed by atoms with Gasteiger partial charge in [0.1, 0.15) is 5.69 Å². The van der Waals surface area contributed by atoms with E-state index in [1.165, 1.54) is 10.9 Å². The van der Waals surface area contributed by atoms with E-state index in [1.807, 2.05) is 10.8 Å². The van der Waals surface area contributed by atoms with Crippen LogP contribution in [0.2, 0.25) is 0 Å². The number of nitrogen functional groups attached to an aromatic ring is 1. The molecule has 0 aromatic carbocycles. The largest absolute Gasteiger partial charge is 0.396 e. The van der Waals surface area contributed by atoms with Crippen LogP contribution in [0, 0.1) is 0 Å². The number of imidazole rings is 1. The number of nitrogens with two attached hydrogens (primary N) is 1. The highest BCUT2D eigenvalue weighted by atomic mass is 16.2. The van der Waals surface area contributed by atoms with Gasteiger partial charge in [-0.15, -0.1) is 0 Å². The summed E-state index contributed by atoms with van der Waals surface area (Å²) >= 11 is 0. The molecular formula is C10H14N6O. The molecule has 0 fully saturated rings. The molecule has 1 amide bonds. The SMILES string of the molecule is Cn1ncc(N)c1C(=O)NCCn1ccnc1. The third-order valence-electron chi connectivity index (χ3n) is 2.40. The van der Waals surface area contributed by atoms with E-state index in [0.29, 0.717) is 24.5 Å². The van der Waals surface area contributed by atoms with Crippen molar-refractivity contribution in [1.29, 1.82) is 0 Å². The lowest BCUT2D eigenvalue weighted by Gasteiger charge is -2.06. The van der Waals surface area contributed by atoms with Crippen LogP contribution in [0.15, 0.2) is 24.9 Å². The smallest absolute Gasteiger partial charge is 0.271 e. The number of amides is 1. The number of anilines is 1. The fourth-order valence-electron chi connectivity index (χ4n) is 1.53. The van der Waals surface area contributed by atoms with Crippen molar-refractivity contribution in [3.63, 3.8) is 0 Å². The van der Waals surface area contributed by atoms with Crippen LogP contribution in [-0.4, -0.2) is 31.8 Å². The first-order valence-corrected chi connectivity index (χ1v) is 5.20. The zero-order chi connectivity index (χ0) is 12.3. The predicted octanol–water partition coefficient (Wildman–Crippen LogP) is -0.371. The molecule has 0 saturated carbocycles. The molecule has 2 rings (SSSR count). The van der Waals surface area contributed by atoms with E-state index in [2.05, 4.69) is 15.4 Å². The molecule has 7 heteroatoms. The Morgan fingerprint density at radius 1 is 1.59 bits per heavy atom. The van der Waals surface area contributed by atoms with Crippen molar-refractivity contribution in [3.05, 3.63) is 30.6 Å². The number of hydrogen-bond donors (Lipinski definition) is 2. The lowest BCUT2D eigenvalue weighted by molar-refractivity contribution is 0.0944. The molecule has 2 aromatic heterocycles. The van der Waals surface area contributed by atoms with Crippen LogP contribution < -0.4 is 11.1 Å². The number of nitrogens with one attached hydrogen (secondary N) is 1. The molecule has 7 nitrogen and oxygen atoms in total. The van der Waals surface area contributed by atoms with Crippen molar-refractivity contribution in [2.24, 2.45) is 7.05 Å². The second-order valence-corrected chi connectivity index (χ2v) is 3.63. The molecule has 0 saturated heterocycles. The second kappa shape index (κ2) is 4.69. The van der Waals surface area contributed by atoms with E-state index in [0.717, 1.165) is 0 Å². The fourth-order valence-corrected chi connectivity index (χ4v) is 1.53. The summed E-state index contributed by atoms with van der Waals surface area (Å²) < 4.78 is 3.34. The quantitative estimate of drug-likeness (QED) is 0.755. The van der Waals surface area contributed by atoms with Crippen LogP contribution in [0.5, 0.6) is 0 Å². The zero-order valence-corrected chi connectivity index (χ0v) is 9.50. The standard InChI is InChI=1S/C10H14N6O/c1-15-9(8(11)6-14-15)10(17)13-3-5-16-4-2-12-7-16/h2,4,6-7H,3,5,11H2,1H3,(H,13,17). The monoisotopic (exact) mass is 234 g/mol. The fraction of sp³-hybridized carbons (Fsp3) is 0.300. The summed E-state index contributed by atoms with van der Waals surface area (Å²) in [5.74, 6) is -0.220. The minimum Gasteiger partial charge on any atom is -0.396 e. The second-order valence-electron chi connectivity index (χ2n) is 3.63. The van der Waals surface area contributed by atoms with Gasteiger partial charge in [0.25, 0.3) is 5.91 Å². The summed E-state index contributed by atoms with van der Waals surface area (Å²) in [4.78, 5) is 15.7. The Hall–Kier alpha value is -2.31. The molecule has 2 aromatic rings. The van der Waals surface area contributed by atoms with Gasteiger partial charge in [0.05, 0.1) is 18.2 Å². The maximum absolute atomic E-state index is 11.8. The molecule has 0 radical (unpaired) electrons. The first kappa shape index (κ1) is 11.2. The summed E-state index contributed by atoms with van der Waals surface area (Å²) in [5.41, 5.74) is 6.42. The third kappa shape index (κ3) is 2.44. The Kier molecular flexibility index (Phi) is 3.08. The minimum absolute atomic E-state index is 0.220. The van der Waals surface area contributed by atoms with E-state index in [9.17, 15) is 4.79 Å². The van der Waals surface area contributed by atoms with Crippen LogP contribution >= 0.6 is 0 Å². The summed E-state index contributed by atoms with van der Waals surface area (Å²) in [7, 11) is 1.68. The van der Waals surface area contributed by atoms with E-state index < -0.39 is 0 Å². The van der Waals surface area contributed by atoms with E-state index in [4.69, 9.17) is 5.73 Å². The first-order valence-electron chi connectivity index (χ1n) is 5.20. The summed E-state index contributed by atoms with van der Waals surface area (Å²) in [6.07, 6.45) is 6.70. The third-order valence-corrected chi connectivity index (χ3v) is 2.40. The van der Waals surface area contributed by atoms with Crippen molar-refractivity contribution in [2.45, 2.75) is 6.54 Å². The Morgan fingerprint density at radius 2 is 2.41 bits per heavy atom. The van der Waals surface area contributed by atoms with Gasteiger partial charge < -0.3 is 15.6 Å². The number of aryl methyl sites for hydroxylation is 1. The van der Waals surface area contributed by atoms with Gasteiger partial charge in [-0.3, -0.25) is 9.48 Å². The first-order chi connectivity index (χ1) is 8.18. The highest BCUT2D eigenvalue weighted by Gasteiger charge is 2.13. The van der Waals surface area contributed by atoms with Gasteiger partial charge in [-0.1, -0.05) is 0 Å². The molecule has 0 aliphatic heterocycles. The average molecular weight is 234 g/mol. The lowest BCUT2D eigenvalue weighted by Crippen LogP contribution is -2.29. The normalized spacial score (nSPS) is 10.4. The summed E-state index contributed by atoms with van der Waals surface area (Å²) in [6, 6.07) is 0. The highest BCUT2D eigenvalue weighted by molar-refractivity contribution is 5.97. The van der Waals surface area contributed by atoms with Gasteiger partial charge in [0.2, 0.25) is 0 Å². The van der Waals surface area contributed by atoms with Gasteiger partial charge in [-0.2, -0.15) is 5.10 Å². The highest BCUT2D eigenvalue weighted by Crippen LogP contribution is 2.08. The van der Waals surface area contributed by atoms with Crippen LogP contribution in [0.1, 0.15) is 10.5 Å². The van der Waals surface area contributed by atoms with Gasteiger partial charge in [0.15, 0.2) is 0 Å². The topological polar surface area (TPSA) is 90.8 Å². The Labute approximate surface area is 98.2 Å². The molecule has 0 unspecified atom stereocenters. The van der Waals surface area contributed by atoms with Crippen LogP contribution in [0.3, 0.4) is 0 Å². The average Bonchev–Trinajstić information content (AvgIpc) is 2.89. The molecule has 17 heavy (non-hydrogen) atoms. The van der Waals surface area contributed by atoms with Crippen LogP contribution in [0.4, 0.5) is 5.69 Å². The van der Waals surface area contributed by atoms with Crippen molar-refractivity contribution < 1.29 is 4.79 Å². The molecule has 0 aliphatic rings. The molecule has 0 bridgehead atoms. The Bertz CT molecular complexity index is 481. The molecule has 3 N–H and O–H groups in total. The predicted molar refractivity (Wildman–Crippen MR) is 62.2 cm³/mol. The number of carbonyl (C=O) groups is 1. The number of aromatic nitrogens is 4. The van der Waals surface area contributed by atoms with Crippen molar-refractivity contribution >= 4 is 11.6 Å². The van der Waals surface area contributed by atoms with E-state index in [-0.39, 0.29) is 5.91 Å².